The molecule has 7 heteroatoms. The van der Waals surface area contributed by atoms with Crippen molar-refractivity contribution in [2.75, 3.05) is 5.75 Å². The van der Waals surface area contributed by atoms with E-state index < -0.39 is 0 Å². The third-order valence-corrected chi connectivity index (χ3v) is 4.64. The topological polar surface area (TPSA) is 59.3 Å². The Morgan fingerprint density at radius 1 is 1.43 bits per heavy atom. The zero-order valence-corrected chi connectivity index (χ0v) is 13.0. The van der Waals surface area contributed by atoms with Gasteiger partial charge in [-0.25, -0.2) is 9.50 Å². The highest BCUT2D eigenvalue weighted by Crippen LogP contribution is 2.18. The maximum atomic E-state index is 12.0. The van der Waals surface area contributed by atoms with E-state index in [1.54, 1.807) is 10.0 Å². The Labute approximate surface area is 130 Å². The predicted octanol–water partition coefficient (Wildman–Crippen LogP) is 2.76. The quantitative estimate of drug-likeness (QED) is 0.735. The molecule has 0 aliphatic carbocycles. The van der Waals surface area contributed by atoms with Gasteiger partial charge in [-0.15, -0.1) is 11.8 Å². The SMILES string of the molecule is C[C@@H](NC(=O)CSc1ccccc1)c1cn2ncsc2n1. The fraction of sp³-hybridized carbons (Fsp3) is 0.214. The van der Waals surface area contributed by atoms with E-state index in [-0.39, 0.29) is 11.9 Å². The smallest absolute Gasteiger partial charge is 0.230 e. The van der Waals surface area contributed by atoms with Crippen LogP contribution in [-0.4, -0.2) is 26.3 Å². The summed E-state index contributed by atoms with van der Waals surface area (Å²) in [6, 6.07) is 9.77. The molecule has 1 atom stereocenters. The number of rotatable bonds is 5. The average molecular weight is 318 g/mol. The maximum absolute atomic E-state index is 12.0. The average Bonchev–Trinajstić information content (AvgIpc) is 3.07. The second-order valence-electron chi connectivity index (χ2n) is 4.52. The van der Waals surface area contributed by atoms with Crippen LogP contribution in [0, 0.1) is 0 Å². The number of carbonyl (C=O) groups is 1. The molecule has 2 aromatic heterocycles. The van der Waals surface area contributed by atoms with E-state index in [1.165, 1.54) is 23.1 Å². The summed E-state index contributed by atoms with van der Waals surface area (Å²) in [5.41, 5.74) is 2.57. The third-order valence-electron chi connectivity index (χ3n) is 2.94. The van der Waals surface area contributed by atoms with Crippen molar-refractivity contribution >= 4 is 34.0 Å². The van der Waals surface area contributed by atoms with Gasteiger partial charge in [-0.3, -0.25) is 4.79 Å². The van der Waals surface area contributed by atoms with Gasteiger partial charge < -0.3 is 5.32 Å². The number of nitrogens with zero attached hydrogens (tertiary/aromatic N) is 3. The number of nitrogens with one attached hydrogen (secondary N) is 1. The van der Waals surface area contributed by atoms with Crippen LogP contribution in [0.1, 0.15) is 18.7 Å². The molecule has 3 rings (SSSR count). The van der Waals surface area contributed by atoms with Crippen molar-refractivity contribution in [3.63, 3.8) is 0 Å². The second kappa shape index (κ2) is 6.28. The molecular weight excluding hydrogens is 304 g/mol. The highest BCUT2D eigenvalue weighted by atomic mass is 32.2. The standard InChI is InChI=1S/C14H14N4OS2/c1-10(12-7-18-14(17-12)21-9-15-18)16-13(19)8-20-11-5-3-2-4-6-11/h2-7,9-10H,8H2,1H3,(H,16,19)/t10-/m1/s1. The van der Waals surface area contributed by atoms with Crippen molar-refractivity contribution in [3.8, 4) is 0 Å². The van der Waals surface area contributed by atoms with E-state index in [1.807, 2.05) is 43.5 Å². The van der Waals surface area contributed by atoms with Gasteiger partial charge >= 0.3 is 0 Å². The van der Waals surface area contributed by atoms with Crippen LogP contribution in [0.4, 0.5) is 0 Å². The zero-order valence-electron chi connectivity index (χ0n) is 11.4. The Bertz CT molecular complexity index is 709. The largest absolute Gasteiger partial charge is 0.347 e. The van der Waals surface area contributed by atoms with E-state index in [4.69, 9.17) is 0 Å². The molecule has 5 nitrogen and oxygen atoms in total. The first kappa shape index (κ1) is 14.1. The van der Waals surface area contributed by atoms with Gasteiger partial charge in [0, 0.05) is 4.90 Å². The van der Waals surface area contributed by atoms with Crippen LogP contribution in [-0.2, 0) is 4.79 Å². The third kappa shape index (κ3) is 3.43. The molecule has 3 aromatic rings. The molecule has 0 spiro atoms. The molecule has 0 unspecified atom stereocenters. The molecule has 1 amide bonds. The maximum Gasteiger partial charge on any atom is 0.230 e. The van der Waals surface area contributed by atoms with Crippen LogP contribution in [0.3, 0.4) is 0 Å². The molecule has 21 heavy (non-hydrogen) atoms. The van der Waals surface area contributed by atoms with Crippen molar-refractivity contribution in [3.05, 3.63) is 47.7 Å². The van der Waals surface area contributed by atoms with Crippen molar-refractivity contribution in [2.45, 2.75) is 17.9 Å². The minimum absolute atomic E-state index is 0.000617. The summed E-state index contributed by atoms with van der Waals surface area (Å²) in [6.45, 7) is 1.93. The summed E-state index contributed by atoms with van der Waals surface area (Å²) in [6.07, 6.45) is 1.85. The van der Waals surface area contributed by atoms with Gasteiger partial charge in [-0.1, -0.05) is 29.5 Å². The number of amides is 1. The lowest BCUT2D eigenvalue weighted by atomic mass is 10.2. The number of imidazole rings is 1. The lowest BCUT2D eigenvalue weighted by molar-refractivity contribution is -0.119. The monoisotopic (exact) mass is 318 g/mol. The molecule has 1 aromatic carbocycles. The number of thioether (sulfide) groups is 1. The van der Waals surface area contributed by atoms with Crippen LogP contribution in [0.25, 0.3) is 4.96 Å². The zero-order chi connectivity index (χ0) is 14.7. The molecule has 0 saturated heterocycles. The molecule has 108 valence electrons. The molecule has 0 bridgehead atoms. The lowest BCUT2D eigenvalue weighted by Crippen LogP contribution is -2.28. The number of benzene rings is 1. The molecule has 0 aliphatic rings. The van der Waals surface area contributed by atoms with Crippen LogP contribution < -0.4 is 5.32 Å². The van der Waals surface area contributed by atoms with Gasteiger partial charge in [0.15, 0.2) is 0 Å². The predicted molar refractivity (Wildman–Crippen MR) is 84.6 cm³/mol. The molecule has 0 radical (unpaired) electrons. The fourth-order valence-corrected chi connectivity index (χ4v) is 3.23. The molecule has 0 saturated carbocycles. The Balaban J connectivity index is 1.55. The highest BCUT2D eigenvalue weighted by molar-refractivity contribution is 8.00. The Morgan fingerprint density at radius 2 is 2.24 bits per heavy atom. The first-order chi connectivity index (χ1) is 10.2. The van der Waals surface area contributed by atoms with E-state index in [0.717, 1.165) is 15.6 Å². The molecule has 0 fully saturated rings. The van der Waals surface area contributed by atoms with Crippen LogP contribution in [0.2, 0.25) is 0 Å². The minimum atomic E-state index is -0.122. The molecule has 2 heterocycles. The van der Waals surface area contributed by atoms with Crippen LogP contribution >= 0.6 is 23.1 Å². The number of fused-ring (bicyclic) bond motifs is 1. The molecule has 0 aliphatic heterocycles. The number of carbonyl (C=O) groups excluding carboxylic acids is 1. The summed E-state index contributed by atoms with van der Waals surface area (Å²) in [5, 5.41) is 7.09. The summed E-state index contributed by atoms with van der Waals surface area (Å²) in [5.74, 6) is 0.398. The summed E-state index contributed by atoms with van der Waals surface area (Å²) >= 11 is 3.00. The number of hydrogen-bond donors (Lipinski definition) is 1. The van der Waals surface area contributed by atoms with Gasteiger partial charge in [0.05, 0.1) is 23.7 Å². The van der Waals surface area contributed by atoms with Gasteiger partial charge in [-0.2, -0.15) is 5.10 Å². The van der Waals surface area contributed by atoms with Gasteiger partial charge in [-0.05, 0) is 19.1 Å². The van der Waals surface area contributed by atoms with E-state index in [9.17, 15) is 4.79 Å². The van der Waals surface area contributed by atoms with Crippen LogP contribution in [0.5, 0.6) is 0 Å². The van der Waals surface area contributed by atoms with Crippen molar-refractivity contribution in [2.24, 2.45) is 0 Å². The van der Waals surface area contributed by atoms with E-state index >= 15 is 0 Å². The van der Waals surface area contributed by atoms with Crippen LogP contribution in [0.15, 0.2) is 46.9 Å². The van der Waals surface area contributed by atoms with E-state index in [0.29, 0.717) is 5.75 Å². The Morgan fingerprint density at radius 3 is 3.00 bits per heavy atom. The minimum Gasteiger partial charge on any atom is -0.347 e. The first-order valence-corrected chi connectivity index (χ1v) is 8.35. The Hall–Kier alpha value is -1.86. The normalized spacial score (nSPS) is 12.4. The van der Waals surface area contributed by atoms with Gasteiger partial charge in [0.2, 0.25) is 10.9 Å². The number of hydrogen-bond acceptors (Lipinski definition) is 5. The second-order valence-corrected chi connectivity index (χ2v) is 6.38. The lowest BCUT2D eigenvalue weighted by Gasteiger charge is -2.11. The fourth-order valence-electron chi connectivity index (χ4n) is 1.89. The number of aromatic nitrogens is 3. The van der Waals surface area contributed by atoms with Crippen molar-refractivity contribution in [1.82, 2.24) is 19.9 Å². The van der Waals surface area contributed by atoms with E-state index in [2.05, 4.69) is 15.4 Å². The van der Waals surface area contributed by atoms with Crippen molar-refractivity contribution < 1.29 is 4.79 Å². The van der Waals surface area contributed by atoms with Crippen molar-refractivity contribution in [1.29, 1.82) is 0 Å². The molecular formula is C14H14N4OS2. The van der Waals surface area contributed by atoms with Gasteiger partial charge in [0.1, 0.15) is 5.51 Å². The highest BCUT2D eigenvalue weighted by Gasteiger charge is 2.14. The molecule has 1 N–H and O–H groups in total. The first-order valence-electron chi connectivity index (χ1n) is 6.48. The summed E-state index contributed by atoms with van der Waals surface area (Å²) in [7, 11) is 0. The van der Waals surface area contributed by atoms with Gasteiger partial charge in [0.25, 0.3) is 0 Å². The summed E-state index contributed by atoms with van der Waals surface area (Å²) < 4.78 is 1.72. The summed E-state index contributed by atoms with van der Waals surface area (Å²) in [4.78, 5) is 18.3. The Kier molecular flexibility index (Phi) is 4.21.